The Kier molecular flexibility index (Phi) is 14.5. The number of carbonyl (C=O) groups is 1. The van der Waals surface area contributed by atoms with Crippen molar-refractivity contribution >= 4 is 5.97 Å². The first kappa shape index (κ1) is 18.6. The van der Waals surface area contributed by atoms with Gasteiger partial charge < -0.3 is 4.74 Å². The Hall–Kier alpha value is -1.41. The van der Waals surface area contributed by atoms with Crippen LogP contribution in [0, 0.1) is 23.7 Å². The van der Waals surface area contributed by atoms with Crippen molar-refractivity contribution in [1.29, 1.82) is 0 Å². The molecule has 112 valence electrons. The minimum atomic E-state index is -0.0969. The van der Waals surface area contributed by atoms with Gasteiger partial charge in [-0.05, 0) is 31.1 Å². The Morgan fingerprint density at radius 2 is 1.40 bits per heavy atom. The Labute approximate surface area is 124 Å². The third-order valence-electron chi connectivity index (χ3n) is 3.05. The number of rotatable bonds is 10. The lowest BCUT2D eigenvalue weighted by molar-refractivity contribution is -0.140. The number of carbonyl (C=O) groups excluding carboxylic acids is 1. The first-order valence-electron chi connectivity index (χ1n) is 7.83. The van der Waals surface area contributed by atoms with Crippen molar-refractivity contribution in [3.63, 3.8) is 0 Å². The van der Waals surface area contributed by atoms with Crippen LogP contribution in [0.1, 0.15) is 77.6 Å². The van der Waals surface area contributed by atoms with Crippen LogP contribution >= 0.6 is 0 Å². The summed E-state index contributed by atoms with van der Waals surface area (Å²) < 4.78 is 4.60. The lowest BCUT2D eigenvalue weighted by Gasteiger charge is -2.00. The summed E-state index contributed by atoms with van der Waals surface area (Å²) in [7, 11) is 1.44. The monoisotopic (exact) mass is 276 g/mol. The minimum Gasteiger partial charge on any atom is -0.469 e. The molecule has 0 spiro atoms. The molecule has 0 bridgehead atoms. The first-order valence-corrected chi connectivity index (χ1v) is 7.83. The van der Waals surface area contributed by atoms with Crippen LogP contribution in [0.15, 0.2) is 0 Å². The average molecular weight is 276 g/mol. The zero-order valence-electron chi connectivity index (χ0n) is 13.1. The maximum absolute atomic E-state index is 10.9. The summed E-state index contributed by atoms with van der Waals surface area (Å²) in [6.07, 6.45) is 11.7. The average Bonchev–Trinajstić information content (AvgIpc) is 2.47. The summed E-state index contributed by atoms with van der Waals surface area (Å²) >= 11 is 0. The van der Waals surface area contributed by atoms with Gasteiger partial charge in [0, 0.05) is 19.3 Å². The summed E-state index contributed by atoms with van der Waals surface area (Å²) in [4.78, 5) is 10.9. The molecule has 2 heteroatoms. The molecule has 0 aromatic heterocycles. The normalized spacial score (nSPS) is 9.10. The molecule has 0 amide bonds. The second-order valence-electron chi connectivity index (χ2n) is 4.90. The van der Waals surface area contributed by atoms with Crippen LogP contribution in [-0.4, -0.2) is 13.1 Å². The van der Waals surface area contributed by atoms with E-state index in [4.69, 9.17) is 0 Å². The van der Waals surface area contributed by atoms with E-state index in [0.29, 0.717) is 6.42 Å². The van der Waals surface area contributed by atoms with Crippen LogP contribution in [0.25, 0.3) is 0 Å². The summed E-state index contributed by atoms with van der Waals surface area (Å²) in [5.41, 5.74) is 0. The Balaban J connectivity index is 3.26. The minimum absolute atomic E-state index is 0.0969. The molecule has 0 aliphatic heterocycles. The maximum atomic E-state index is 10.9. The van der Waals surface area contributed by atoms with Crippen molar-refractivity contribution < 1.29 is 9.53 Å². The molecule has 2 nitrogen and oxygen atoms in total. The molecule has 0 unspecified atom stereocenters. The molecule has 0 aliphatic carbocycles. The number of hydrogen-bond donors (Lipinski definition) is 0. The van der Waals surface area contributed by atoms with Gasteiger partial charge in [-0.2, -0.15) is 0 Å². The Morgan fingerprint density at radius 1 is 0.850 bits per heavy atom. The second kappa shape index (κ2) is 15.6. The smallest absolute Gasteiger partial charge is 0.305 e. The lowest BCUT2D eigenvalue weighted by atomic mass is 10.1. The van der Waals surface area contributed by atoms with Gasteiger partial charge in [0.15, 0.2) is 0 Å². The lowest BCUT2D eigenvalue weighted by Crippen LogP contribution is -1.99. The van der Waals surface area contributed by atoms with Crippen molar-refractivity contribution in [3.8, 4) is 23.7 Å². The van der Waals surface area contributed by atoms with Crippen LogP contribution in [0.3, 0.4) is 0 Å². The molecule has 0 aliphatic rings. The number of esters is 1. The van der Waals surface area contributed by atoms with Gasteiger partial charge in [0.2, 0.25) is 0 Å². The van der Waals surface area contributed by atoms with Crippen LogP contribution in [0.5, 0.6) is 0 Å². The van der Waals surface area contributed by atoms with E-state index >= 15 is 0 Å². The molecular weight excluding hydrogens is 248 g/mol. The predicted molar refractivity (Wildman–Crippen MR) is 84.0 cm³/mol. The van der Waals surface area contributed by atoms with E-state index in [1.165, 1.54) is 39.2 Å². The topological polar surface area (TPSA) is 26.3 Å². The fourth-order valence-electron chi connectivity index (χ4n) is 1.77. The van der Waals surface area contributed by atoms with Gasteiger partial charge in [-0.1, -0.05) is 50.9 Å². The molecule has 0 aromatic carbocycles. The highest BCUT2D eigenvalue weighted by Crippen LogP contribution is 2.08. The summed E-state index contributed by atoms with van der Waals surface area (Å²) in [6.45, 7) is 2.17. The summed E-state index contributed by atoms with van der Waals surface area (Å²) in [6, 6.07) is 0. The van der Waals surface area contributed by atoms with Gasteiger partial charge in [0.25, 0.3) is 0 Å². The molecule has 20 heavy (non-hydrogen) atoms. The highest BCUT2D eigenvalue weighted by atomic mass is 16.5. The van der Waals surface area contributed by atoms with E-state index in [1.807, 2.05) is 0 Å². The van der Waals surface area contributed by atoms with Crippen LogP contribution in [0.2, 0.25) is 0 Å². The van der Waals surface area contributed by atoms with Gasteiger partial charge in [0.05, 0.1) is 7.11 Å². The molecule has 0 rings (SSSR count). The van der Waals surface area contributed by atoms with Gasteiger partial charge in [-0.15, -0.1) is 0 Å². The standard InChI is InChI=1S/C18H28O2/c1-3-4-5-6-7-8-9-10-11-12-13-14-15-16-17-18(19)20-2/h3-5,10-17H2,1-2H3. The zero-order valence-corrected chi connectivity index (χ0v) is 13.1. The maximum Gasteiger partial charge on any atom is 0.305 e. The molecule has 0 atom stereocenters. The fraction of sp³-hybridized carbons (Fsp3) is 0.722. The molecule has 0 N–H and O–H groups in total. The second-order valence-corrected chi connectivity index (χ2v) is 4.90. The van der Waals surface area contributed by atoms with Crippen LogP contribution in [0.4, 0.5) is 0 Å². The van der Waals surface area contributed by atoms with Crippen molar-refractivity contribution in [3.05, 3.63) is 0 Å². The van der Waals surface area contributed by atoms with Crippen molar-refractivity contribution in [2.45, 2.75) is 77.6 Å². The SMILES string of the molecule is CCCCC#CC#CCCCCCCCCC(=O)OC. The molecule has 0 aromatic rings. The zero-order chi connectivity index (χ0) is 14.9. The van der Waals surface area contributed by atoms with E-state index in [1.54, 1.807) is 0 Å². The third kappa shape index (κ3) is 14.7. The van der Waals surface area contributed by atoms with Crippen LogP contribution in [-0.2, 0) is 9.53 Å². The Morgan fingerprint density at radius 3 is 2.00 bits per heavy atom. The van der Waals surface area contributed by atoms with E-state index < -0.39 is 0 Å². The molecule has 0 radical (unpaired) electrons. The Bertz CT molecular complexity index is 349. The van der Waals surface area contributed by atoms with E-state index in [9.17, 15) is 4.79 Å². The molecule has 0 saturated carbocycles. The van der Waals surface area contributed by atoms with Crippen molar-refractivity contribution in [2.24, 2.45) is 0 Å². The largest absolute Gasteiger partial charge is 0.469 e. The van der Waals surface area contributed by atoms with E-state index in [2.05, 4.69) is 35.3 Å². The number of hydrogen-bond acceptors (Lipinski definition) is 2. The number of methoxy groups -OCH3 is 1. The molecule has 0 fully saturated rings. The molecule has 0 saturated heterocycles. The van der Waals surface area contributed by atoms with Gasteiger partial charge >= 0.3 is 5.97 Å². The van der Waals surface area contributed by atoms with Crippen LogP contribution < -0.4 is 0 Å². The summed E-state index contributed by atoms with van der Waals surface area (Å²) in [5, 5.41) is 0. The first-order chi connectivity index (χ1) is 9.81. The number of ether oxygens (including phenoxy) is 1. The predicted octanol–water partition coefficient (Wildman–Crippen LogP) is 4.48. The fourth-order valence-corrected chi connectivity index (χ4v) is 1.77. The van der Waals surface area contributed by atoms with Gasteiger partial charge in [-0.3, -0.25) is 4.79 Å². The van der Waals surface area contributed by atoms with Gasteiger partial charge in [-0.25, -0.2) is 0 Å². The van der Waals surface area contributed by atoms with Gasteiger partial charge in [0.1, 0.15) is 0 Å². The van der Waals surface area contributed by atoms with E-state index in [-0.39, 0.29) is 5.97 Å². The summed E-state index contributed by atoms with van der Waals surface area (Å²) in [5.74, 6) is 11.9. The highest BCUT2D eigenvalue weighted by Gasteiger charge is 1.98. The quantitative estimate of drug-likeness (QED) is 0.334. The van der Waals surface area contributed by atoms with E-state index in [0.717, 1.165) is 32.1 Å². The van der Waals surface area contributed by atoms with Crippen molar-refractivity contribution in [2.75, 3.05) is 7.11 Å². The highest BCUT2D eigenvalue weighted by molar-refractivity contribution is 5.68. The van der Waals surface area contributed by atoms with Crippen molar-refractivity contribution in [1.82, 2.24) is 0 Å². The third-order valence-corrected chi connectivity index (χ3v) is 3.05. The molecular formula is C18H28O2. The molecule has 0 heterocycles. The number of unbranched alkanes of at least 4 members (excludes halogenated alkanes) is 8.